The zero-order chi connectivity index (χ0) is 20.6. The number of nitrogens with one attached hydrogen (secondary N) is 2. The molecule has 7 nitrogen and oxygen atoms in total. The van der Waals surface area contributed by atoms with Gasteiger partial charge in [0.25, 0.3) is 0 Å². The van der Waals surface area contributed by atoms with Crippen LogP contribution in [0.2, 0.25) is 0 Å². The SMILES string of the molecule is CN=C(NCCOc1ncccc1C(F)(F)F)N1CCC(CC(=O)NC)CC1. The van der Waals surface area contributed by atoms with Gasteiger partial charge in [-0.1, -0.05) is 0 Å². The molecule has 1 aliphatic rings. The molecule has 156 valence electrons. The van der Waals surface area contributed by atoms with Gasteiger partial charge in [-0.05, 0) is 30.9 Å². The maximum Gasteiger partial charge on any atom is 0.421 e. The number of amides is 1. The van der Waals surface area contributed by atoms with Gasteiger partial charge in [-0.25, -0.2) is 4.98 Å². The molecular weight excluding hydrogens is 375 g/mol. The molecule has 10 heteroatoms. The molecule has 0 saturated carbocycles. The Morgan fingerprint density at radius 1 is 1.39 bits per heavy atom. The van der Waals surface area contributed by atoms with Crippen molar-refractivity contribution in [2.75, 3.05) is 40.3 Å². The number of aromatic nitrogens is 1. The molecule has 0 unspecified atom stereocenters. The molecule has 1 amide bonds. The van der Waals surface area contributed by atoms with Crippen molar-refractivity contribution in [3.8, 4) is 5.88 Å². The van der Waals surface area contributed by atoms with Crippen LogP contribution in [-0.2, 0) is 11.0 Å². The lowest BCUT2D eigenvalue weighted by Crippen LogP contribution is -2.47. The summed E-state index contributed by atoms with van der Waals surface area (Å²) in [6.07, 6.45) is -0.956. The molecule has 1 fully saturated rings. The van der Waals surface area contributed by atoms with Gasteiger partial charge in [-0.15, -0.1) is 0 Å². The molecule has 2 N–H and O–H groups in total. The summed E-state index contributed by atoms with van der Waals surface area (Å²) in [5.74, 6) is 0.634. The first-order valence-electron chi connectivity index (χ1n) is 9.16. The van der Waals surface area contributed by atoms with E-state index in [4.69, 9.17) is 4.74 Å². The summed E-state index contributed by atoms with van der Waals surface area (Å²) in [7, 11) is 3.29. The van der Waals surface area contributed by atoms with Crippen LogP contribution < -0.4 is 15.4 Å². The van der Waals surface area contributed by atoms with E-state index in [-0.39, 0.29) is 12.5 Å². The first-order valence-corrected chi connectivity index (χ1v) is 9.16. The Morgan fingerprint density at radius 2 is 2.11 bits per heavy atom. The zero-order valence-corrected chi connectivity index (χ0v) is 16.1. The van der Waals surface area contributed by atoms with Crippen LogP contribution in [0.5, 0.6) is 5.88 Å². The van der Waals surface area contributed by atoms with Crippen LogP contribution in [0.1, 0.15) is 24.8 Å². The third-order valence-electron chi connectivity index (χ3n) is 4.58. The average Bonchev–Trinajstić information content (AvgIpc) is 2.68. The highest BCUT2D eigenvalue weighted by atomic mass is 19.4. The van der Waals surface area contributed by atoms with Crippen LogP contribution in [0.4, 0.5) is 13.2 Å². The number of hydrogen-bond donors (Lipinski definition) is 2. The van der Waals surface area contributed by atoms with Crippen LogP contribution in [-0.4, -0.2) is 62.1 Å². The van der Waals surface area contributed by atoms with Crippen molar-refractivity contribution in [3.05, 3.63) is 23.9 Å². The molecule has 0 atom stereocenters. The summed E-state index contributed by atoms with van der Waals surface area (Å²) in [4.78, 5) is 21.4. The van der Waals surface area contributed by atoms with E-state index in [1.54, 1.807) is 14.1 Å². The van der Waals surface area contributed by atoms with E-state index >= 15 is 0 Å². The zero-order valence-electron chi connectivity index (χ0n) is 16.1. The number of hydrogen-bond acceptors (Lipinski definition) is 4. The molecule has 0 aliphatic carbocycles. The maximum atomic E-state index is 12.9. The molecule has 0 bridgehead atoms. The smallest absolute Gasteiger partial charge is 0.421 e. The van der Waals surface area contributed by atoms with Crippen LogP contribution in [0.3, 0.4) is 0 Å². The van der Waals surface area contributed by atoms with Gasteiger partial charge in [0, 0.05) is 39.8 Å². The molecule has 1 saturated heterocycles. The number of pyridine rings is 1. The highest BCUT2D eigenvalue weighted by Gasteiger charge is 2.35. The van der Waals surface area contributed by atoms with Crippen molar-refractivity contribution >= 4 is 11.9 Å². The van der Waals surface area contributed by atoms with Crippen molar-refractivity contribution in [2.45, 2.75) is 25.4 Å². The number of likely N-dealkylation sites (tertiary alicyclic amines) is 1. The topological polar surface area (TPSA) is 78.9 Å². The fourth-order valence-electron chi connectivity index (χ4n) is 3.08. The molecule has 0 spiro atoms. The summed E-state index contributed by atoms with van der Waals surface area (Å²) >= 11 is 0. The molecule has 1 aromatic heterocycles. The van der Waals surface area contributed by atoms with Gasteiger partial charge >= 0.3 is 6.18 Å². The molecule has 1 aromatic rings. The van der Waals surface area contributed by atoms with Crippen LogP contribution >= 0.6 is 0 Å². The lowest BCUT2D eigenvalue weighted by Gasteiger charge is -2.34. The van der Waals surface area contributed by atoms with E-state index in [2.05, 4.69) is 25.5 Å². The Morgan fingerprint density at radius 3 is 2.71 bits per heavy atom. The van der Waals surface area contributed by atoms with Crippen molar-refractivity contribution in [1.82, 2.24) is 20.5 Å². The number of aliphatic imine (C=N–C) groups is 1. The second-order valence-electron chi connectivity index (χ2n) is 6.48. The third kappa shape index (κ3) is 6.28. The largest absolute Gasteiger partial charge is 0.475 e. The van der Waals surface area contributed by atoms with Gasteiger partial charge in [0.05, 0.1) is 6.54 Å². The first-order chi connectivity index (χ1) is 13.3. The molecule has 1 aliphatic heterocycles. The summed E-state index contributed by atoms with van der Waals surface area (Å²) < 4.78 is 44.0. The van der Waals surface area contributed by atoms with Crippen molar-refractivity contribution in [2.24, 2.45) is 10.9 Å². The fourth-order valence-corrected chi connectivity index (χ4v) is 3.08. The quantitative estimate of drug-likeness (QED) is 0.433. The third-order valence-corrected chi connectivity index (χ3v) is 4.58. The van der Waals surface area contributed by atoms with Crippen molar-refractivity contribution in [1.29, 1.82) is 0 Å². The van der Waals surface area contributed by atoms with Crippen LogP contribution in [0, 0.1) is 5.92 Å². The summed E-state index contributed by atoms with van der Waals surface area (Å²) in [6.45, 7) is 1.84. The minimum Gasteiger partial charge on any atom is -0.475 e. The second kappa shape index (κ2) is 10.1. The van der Waals surface area contributed by atoms with E-state index in [0.29, 0.717) is 24.8 Å². The second-order valence-corrected chi connectivity index (χ2v) is 6.48. The number of carbonyl (C=O) groups is 1. The van der Waals surface area contributed by atoms with Crippen molar-refractivity contribution < 1.29 is 22.7 Å². The molecule has 2 rings (SSSR count). The average molecular weight is 401 g/mol. The molecule has 0 radical (unpaired) electrons. The molecule has 28 heavy (non-hydrogen) atoms. The number of guanidine groups is 1. The number of rotatable bonds is 6. The molecule has 2 heterocycles. The van der Waals surface area contributed by atoms with Crippen molar-refractivity contribution in [3.63, 3.8) is 0 Å². The Kier molecular flexibility index (Phi) is 7.89. The predicted octanol–water partition coefficient (Wildman–Crippen LogP) is 1.90. The molecule has 0 aromatic carbocycles. The normalized spacial score (nSPS) is 16.0. The fraction of sp³-hybridized carbons (Fsp3) is 0.611. The lowest BCUT2D eigenvalue weighted by atomic mass is 9.93. The maximum absolute atomic E-state index is 12.9. The molecular formula is C18H26F3N5O2. The summed E-state index contributed by atoms with van der Waals surface area (Å²) in [6, 6.07) is 2.17. The van der Waals surface area contributed by atoms with Gasteiger partial charge in [0.1, 0.15) is 12.2 Å². The highest BCUT2D eigenvalue weighted by molar-refractivity contribution is 5.80. The Bertz CT molecular complexity index is 673. The predicted molar refractivity (Wildman–Crippen MR) is 99.1 cm³/mol. The number of ether oxygens (including phenoxy) is 1. The monoisotopic (exact) mass is 401 g/mol. The van der Waals surface area contributed by atoms with Crippen LogP contribution in [0.15, 0.2) is 23.3 Å². The van der Waals surface area contributed by atoms with E-state index in [1.807, 2.05) is 0 Å². The Labute approximate surface area is 162 Å². The van der Waals surface area contributed by atoms with E-state index in [0.717, 1.165) is 32.0 Å². The van der Waals surface area contributed by atoms with Gasteiger partial charge in [-0.3, -0.25) is 9.79 Å². The van der Waals surface area contributed by atoms with Gasteiger partial charge in [0.15, 0.2) is 5.96 Å². The highest BCUT2D eigenvalue weighted by Crippen LogP contribution is 2.34. The summed E-state index contributed by atoms with van der Waals surface area (Å²) in [5, 5.41) is 5.74. The standard InChI is InChI=1S/C18H26F3N5O2/c1-22-15(27)12-13-5-9-26(10-6-13)17(23-2)25-8-11-28-16-14(18(19,20)21)4-3-7-24-16/h3-4,7,13H,5-6,8-12H2,1-2H3,(H,22,27)(H,23,25). The van der Waals surface area contributed by atoms with Gasteiger partial charge in [-0.2, -0.15) is 13.2 Å². The summed E-state index contributed by atoms with van der Waals surface area (Å²) in [5.41, 5.74) is -0.891. The number of halogens is 3. The number of alkyl halides is 3. The number of piperidine rings is 1. The lowest BCUT2D eigenvalue weighted by molar-refractivity contribution is -0.139. The van der Waals surface area contributed by atoms with Gasteiger partial charge < -0.3 is 20.3 Å². The van der Waals surface area contributed by atoms with E-state index in [1.165, 1.54) is 12.3 Å². The Balaban J connectivity index is 1.78. The number of nitrogens with zero attached hydrogens (tertiary/aromatic N) is 3. The minimum absolute atomic E-state index is 0.0201. The first kappa shape index (κ1) is 21.8. The van der Waals surface area contributed by atoms with E-state index < -0.39 is 17.6 Å². The van der Waals surface area contributed by atoms with E-state index in [9.17, 15) is 18.0 Å². The Hall–Kier alpha value is -2.52. The minimum atomic E-state index is -4.51. The van der Waals surface area contributed by atoms with Gasteiger partial charge in [0.2, 0.25) is 11.8 Å². The van der Waals surface area contributed by atoms with Crippen LogP contribution in [0.25, 0.3) is 0 Å². The number of carbonyl (C=O) groups excluding carboxylic acids is 1.